The standard InChI is InChI=1S/C16H16N2O3/c1-9-2-3-11-10(8-9)15(21)18(16(11)6-7-16)12-4-5-13(19)17-14(12)20/h2-3,8,12H,4-7H2,1H3,(H,17,19,20). The molecule has 1 aromatic rings. The summed E-state index contributed by atoms with van der Waals surface area (Å²) in [6.45, 7) is 1.96. The molecule has 0 radical (unpaired) electrons. The quantitative estimate of drug-likeness (QED) is 0.789. The highest BCUT2D eigenvalue weighted by molar-refractivity contribution is 6.06. The van der Waals surface area contributed by atoms with Crippen LogP contribution in [-0.4, -0.2) is 28.7 Å². The Morgan fingerprint density at radius 1 is 1.24 bits per heavy atom. The number of imide groups is 1. The summed E-state index contributed by atoms with van der Waals surface area (Å²) < 4.78 is 0. The second-order valence-electron chi connectivity index (χ2n) is 6.22. The van der Waals surface area contributed by atoms with Crippen molar-refractivity contribution in [2.75, 3.05) is 0 Å². The lowest BCUT2D eigenvalue weighted by Gasteiger charge is -2.34. The maximum atomic E-state index is 12.8. The van der Waals surface area contributed by atoms with Crippen LogP contribution in [0.2, 0.25) is 0 Å². The van der Waals surface area contributed by atoms with Gasteiger partial charge in [-0.2, -0.15) is 0 Å². The van der Waals surface area contributed by atoms with Gasteiger partial charge < -0.3 is 4.90 Å². The van der Waals surface area contributed by atoms with Crippen LogP contribution in [0.1, 0.15) is 47.2 Å². The Labute approximate surface area is 122 Å². The number of amides is 3. The third-order valence-electron chi connectivity index (χ3n) is 4.83. The van der Waals surface area contributed by atoms with E-state index in [1.54, 1.807) is 4.90 Å². The fourth-order valence-electron chi connectivity index (χ4n) is 3.69. The van der Waals surface area contributed by atoms with Gasteiger partial charge in [-0.25, -0.2) is 0 Å². The Morgan fingerprint density at radius 3 is 2.67 bits per heavy atom. The molecule has 1 N–H and O–H groups in total. The molecule has 3 aliphatic rings. The maximum absolute atomic E-state index is 12.8. The van der Waals surface area contributed by atoms with Crippen molar-refractivity contribution in [2.45, 2.75) is 44.2 Å². The van der Waals surface area contributed by atoms with Gasteiger partial charge in [-0.15, -0.1) is 0 Å². The summed E-state index contributed by atoms with van der Waals surface area (Å²) in [5.41, 5.74) is 2.51. The number of hydrogen-bond donors (Lipinski definition) is 1. The van der Waals surface area contributed by atoms with Gasteiger partial charge in [0, 0.05) is 12.0 Å². The van der Waals surface area contributed by atoms with Gasteiger partial charge >= 0.3 is 0 Å². The number of nitrogens with one attached hydrogen (secondary N) is 1. The van der Waals surface area contributed by atoms with Crippen molar-refractivity contribution in [3.05, 3.63) is 34.9 Å². The first-order valence-corrected chi connectivity index (χ1v) is 7.31. The van der Waals surface area contributed by atoms with Crippen LogP contribution in [0.25, 0.3) is 0 Å². The zero-order chi connectivity index (χ0) is 14.8. The Bertz CT molecular complexity index is 691. The van der Waals surface area contributed by atoms with Gasteiger partial charge in [0.2, 0.25) is 11.8 Å². The summed E-state index contributed by atoms with van der Waals surface area (Å²) in [5.74, 6) is -0.655. The van der Waals surface area contributed by atoms with Crippen LogP contribution in [0.3, 0.4) is 0 Å². The minimum atomic E-state index is -0.523. The lowest BCUT2D eigenvalue weighted by atomic mass is 9.99. The molecule has 1 atom stereocenters. The predicted octanol–water partition coefficient (Wildman–Crippen LogP) is 1.25. The van der Waals surface area contributed by atoms with Crippen LogP contribution in [-0.2, 0) is 15.1 Å². The molecule has 5 nitrogen and oxygen atoms in total. The summed E-state index contributed by atoms with van der Waals surface area (Å²) in [4.78, 5) is 38.0. The monoisotopic (exact) mass is 284 g/mol. The molecular formula is C16H16N2O3. The van der Waals surface area contributed by atoms with E-state index in [0.717, 1.165) is 29.5 Å². The molecule has 1 saturated heterocycles. The molecule has 0 bridgehead atoms. The molecule has 1 saturated carbocycles. The predicted molar refractivity (Wildman–Crippen MR) is 74.4 cm³/mol. The van der Waals surface area contributed by atoms with E-state index in [-0.39, 0.29) is 23.3 Å². The lowest BCUT2D eigenvalue weighted by Crippen LogP contribution is -2.55. The summed E-state index contributed by atoms with van der Waals surface area (Å²) in [6.07, 6.45) is 2.51. The van der Waals surface area contributed by atoms with Crippen molar-refractivity contribution >= 4 is 17.7 Å². The fraction of sp³-hybridized carbons (Fsp3) is 0.438. The van der Waals surface area contributed by atoms with E-state index in [0.29, 0.717) is 12.8 Å². The van der Waals surface area contributed by atoms with Gasteiger partial charge in [-0.05, 0) is 37.8 Å². The average molecular weight is 284 g/mol. The molecule has 1 aliphatic carbocycles. The van der Waals surface area contributed by atoms with Crippen molar-refractivity contribution in [3.8, 4) is 0 Å². The van der Waals surface area contributed by atoms with Crippen molar-refractivity contribution in [2.24, 2.45) is 0 Å². The molecular weight excluding hydrogens is 268 g/mol. The minimum absolute atomic E-state index is 0.0688. The Morgan fingerprint density at radius 2 is 2.00 bits per heavy atom. The van der Waals surface area contributed by atoms with E-state index in [4.69, 9.17) is 0 Å². The van der Waals surface area contributed by atoms with Crippen LogP contribution in [0.15, 0.2) is 18.2 Å². The van der Waals surface area contributed by atoms with Crippen molar-refractivity contribution < 1.29 is 14.4 Å². The molecule has 21 heavy (non-hydrogen) atoms. The molecule has 1 unspecified atom stereocenters. The molecule has 3 amide bonds. The largest absolute Gasteiger partial charge is 0.317 e. The van der Waals surface area contributed by atoms with Gasteiger partial charge in [-0.1, -0.05) is 17.7 Å². The highest BCUT2D eigenvalue weighted by Crippen LogP contribution is 2.57. The smallest absolute Gasteiger partial charge is 0.255 e. The van der Waals surface area contributed by atoms with Crippen LogP contribution in [0.5, 0.6) is 0 Å². The Hall–Kier alpha value is -2.17. The lowest BCUT2D eigenvalue weighted by molar-refractivity contribution is -0.137. The number of piperidine rings is 1. The first-order valence-electron chi connectivity index (χ1n) is 7.31. The number of aryl methyl sites for hydroxylation is 1. The number of carbonyl (C=O) groups excluding carboxylic acids is 3. The third-order valence-corrected chi connectivity index (χ3v) is 4.83. The van der Waals surface area contributed by atoms with Crippen LogP contribution in [0.4, 0.5) is 0 Å². The number of nitrogens with zero attached hydrogens (tertiary/aromatic N) is 1. The molecule has 1 spiro atoms. The highest BCUT2D eigenvalue weighted by atomic mass is 16.2. The van der Waals surface area contributed by atoms with Gasteiger partial charge in [0.25, 0.3) is 5.91 Å². The van der Waals surface area contributed by atoms with E-state index >= 15 is 0 Å². The van der Waals surface area contributed by atoms with Crippen molar-refractivity contribution in [1.29, 1.82) is 0 Å². The normalized spacial score (nSPS) is 26.0. The van der Waals surface area contributed by atoms with Gasteiger partial charge in [0.05, 0.1) is 5.54 Å². The van der Waals surface area contributed by atoms with Crippen LogP contribution in [0, 0.1) is 6.92 Å². The van der Waals surface area contributed by atoms with Gasteiger partial charge in [-0.3, -0.25) is 19.7 Å². The summed E-state index contributed by atoms with van der Waals surface area (Å²) in [5, 5.41) is 2.36. The molecule has 2 fully saturated rings. The zero-order valence-electron chi connectivity index (χ0n) is 11.8. The second-order valence-corrected chi connectivity index (χ2v) is 6.22. The first-order chi connectivity index (χ1) is 10.0. The number of hydrogen-bond acceptors (Lipinski definition) is 3. The topological polar surface area (TPSA) is 66.5 Å². The number of fused-ring (bicyclic) bond motifs is 2. The minimum Gasteiger partial charge on any atom is -0.317 e. The van der Waals surface area contributed by atoms with Crippen LogP contribution < -0.4 is 5.32 Å². The third kappa shape index (κ3) is 1.60. The molecule has 4 rings (SSSR count). The molecule has 108 valence electrons. The van der Waals surface area contributed by atoms with E-state index < -0.39 is 6.04 Å². The van der Waals surface area contributed by atoms with Gasteiger partial charge in [0.15, 0.2) is 0 Å². The van der Waals surface area contributed by atoms with Gasteiger partial charge in [0.1, 0.15) is 6.04 Å². The first kappa shape index (κ1) is 12.6. The second kappa shape index (κ2) is 3.93. The highest BCUT2D eigenvalue weighted by Gasteiger charge is 2.61. The molecule has 2 aliphatic heterocycles. The maximum Gasteiger partial charge on any atom is 0.255 e. The summed E-state index contributed by atoms with van der Waals surface area (Å²) in [6, 6.07) is 5.41. The van der Waals surface area contributed by atoms with E-state index in [1.807, 2.05) is 25.1 Å². The summed E-state index contributed by atoms with van der Waals surface area (Å²) in [7, 11) is 0. The van der Waals surface area contributed by atoms with Crippen molar-refractivity contribution in [3.63, 3.8) is 0 Å². The molecule has 2 heterocycles. The number of benzene rings is 1. The number of carbonyl (C=O) groups is 3. The number of rotatable bonds is 1. The molecule has 0 aromatic heterocycles. The van der Waals surface area contributed by atoms with Crippen LogP contribution >= 0.6 is 0 Å². The summed E-state index contributed by atoms with van der Waals surface area (Å²) >= 11 is 0. The fourth-order valence-corrected chi connectivity index (χ4v) is 3.69. The SMILES string of the molecule is Cc1ccc2c(c1)C(=O)N(C1CCC(=O)NC1=O)C21CC1. The Kier molecular flexibility index (Phi) is 2.35. The Balaban J connectivity index is 1.77. The van der Waals surface area contributed by atoms with E-state index in [1.165, 1.54) is 0 Å². The van der Waals surface area contributed by atoms with E-state index in [2.05, 4.69) is 5.32 Å². The average Bonchev–Trinajstić information content (AvgIpc) is 3.18. The van der Waals surface area contributed by atoms with E-state index in [9.17, 15) is 14.4 Å². The zero-order valence-corrected chi connectivity index (χ0v) is 11.8. The molecule has 5 heteroatoms. The van der Waals surface area contributed by atoms with Crippen molar-refractivity contribution in [1.82, 2.24) is 10.2 Å². The molecule has 1 aromatic carbocycles.